The number of likely N-dealkylation sites (N-methyl/N-ethyl adjacent to an activating group) is 1. The molecule has 0 heterocycles. The molecule has 8 heteroatoms. The van der Waals surface area contributed by atoms with Gasteiger partial charge in [0.15, 0.2) is 12.6 Å². The van der Waals surface area contributed by atoms with Crippen molar-refractivity contribution in [1.82, 2.24) is 20.9 Å². The molecule has 0 aliphatic carbocycles. The molecule has 2 amide bonds. The van der Waals surface area contributed by atoms with Crippen LogP contribution in [0.1, 0.15) is 28.4 Å². The Morgan fingerprint density at radius 3 is 2.50 bits per heavy atom. The number of guanidine groups is 1. The van der Waals surface area contributed by atoms with E-state index in [9.17, 15) is 9.59 Å². The maximum Gasteiger partial charge on any atom is 0.259 e. The molecule has 0 unspecified atom stereocenters. The molecule has 0 radical (unpaired) electrons. The Balaban J connectivity index is 1.92. The number of nitrogens with zero attached hydrogens (tertiary/aromatic N) is 2. The summed E-state index contributed by atoms with van der Waals surface area (Å²) in [4.78, 5) is 29.6. The second-order valence-corrected chi connectivity index (χ2v) is 7.38. The first-order valence-electron chi connectivity index (χ1n) is 10.7. The molecule has 2 rings (SSSR count). The highest BCUT2D eigenvalue weighted by Gasteiger charge is 2.06. The summed E-state index contributed by atoms with van der Waals surface area (Å²) in [5.41, 5.74) is 2.71. The average molecular weight is 440 g/mol. The van der Waals surface area contributed by atoms with Crippen molar-refractivity contribution in [3.63, 3.8) is 0 Å². The van der Waals surface area contributed by atoms with Crippen LogP contribution in [-0.2, 0) is 17.8 Å². The van der Waals surface area contributed by atoms with Gasteiger partial charge in [-0.3, -0.25) is 9.59 Å². The van der Waals surface area contributed by atoms with E-state index in [2.05, 4.69) is 20.9 Å². The van der Waals surface area contributed by atoms with Crippen LogP contribution in [0.2, 0.25) is 0 Å². The molecule has 172 valence electrons. The number of aliphatic imine (C=N–C) groups is 1. The van der Waals surface area contributed by atoms with Crippen molar-refractivity contribution >= 4 is 17.8 Å². The molecule has 8 nitrogen and oxygen atoms in total. The van der Waals surface area contributed by atoms with Gasteiger partial charge < -0.3 is 25.6 Å². The van der Waals surface area contributed by atoms with E-state index in [0.29, 0.717) is 30.4 Å². The third-order valence-electron chi connectivity index (χ3n) is 4.65. The number of nitrogens with one attached hydrogen (secondary N) is 3. The van der Waals surface area contributed by atoms with Crippen molar-refractivity contribution in [3.05, 3.63) is 65.2 Å². The average Bonchev–Trinajstić information content (AvgIpc) is 2.80. The molecule has 3 N–H and O–H groups in total. The van der Waals surface area contributed by atoms with Crippen molar-refractivity contribution in [3.8, 4) is 5.75 Å². The molecule has 0 saturated carbocycles. The van der Waals surface area contributed by atoms with E-state index in [1.54, 1.807) is 27.2 Å². The molecule has 0 aliphatic heterocycles. The summed E-state index contributed by atoms with van der Waals surface area (Å²) in [5.74, 6) is 1.17. The first-order chi connectivity index (χ1) is 15.4. The van der Waals surface area contributed by atoms with Crippen molar-refractivity contribution in [2.75, 3.05) is 40.8 Å². The number of ether oxygens (including phenoxy) is 1. The lowest BCUT2D eigenvalue weighted by atomic mass is 10.1. The summed E-state index contributed by atoms with van der Waals surface area (Å²) < 4.78 is 5.57. The van der Waals surface area contributed by atoms with Crippen LogP contribution in [0.15, 0.2) is 53.5 Å². The second kappa shape index (κ2) is 13.0. The number of rotatable bonds is 10. The minimum atomic E-state index is -0.0907. The van der Waals surface area contributed by atoms with Gasteiger partial charge in [-0.2, -0.15) is 0 Å². The van der Waals surface area contributed by atoms with Gasteiger partial charge in [0, 0.05) is 39.8 Å². The monoisotopic (exact) mass is 439 g/mol. The number of benzene rings is 2. The maximum absolute atomic E-state index is 11.8. The van der Waals surface area contributed by atoms with Crippen LogP contribution in [0.4, 0.5) is 0 Å². The van der Waals surface area contributed by atoms with E-state index < -0.39 is 0 Å². The fourth-order valence-electron chi connectivity index (χ4n) is 2.86. The van der Waals surface area contributed by atoms with Crippen LogP contribution < -0.4 is 20.7 Å². The van der Waals surface area contributed by atoms with E-state index in [1.807, 2.05) is 49.4 Å². The van der Waals surface area contributed by atoms with E-state index in [1.165, 1.54) is 4.90 Å². The van der Waals surface area contributed by atoms with Gasteiger partial charge in [-0.15, -0.1) is 0 Å². The van der Waals surface area contributed by atoms with E-state index in [-0.39, 0.29) is 18.4 Å². The quantitative estimate of drug-likeness (QED) is 0.388. The van der Waals surface area contributed by atoms with E-state index >= 15 is 0 Å². The summed E-state index contributed by atoms with van der Waals surface area (Å²) in [5, 5.41) is 9.21. The lowest BCUT2D eigenvalue weighted by molar-refractivity contribution is -0.130. The third-order valence-corrected chi connectivity index (χ3v) is 4.65. The van der Waals surface area contributed by atoms with Gasteiger partial charge in [0.1, 0.15) is 5.75 Å². The number of carbonyl (C=O) groups excluding carboxylic acids is 2. The molecule has 2 aromatic rings. The number of carbonyl (C=O) groups is 2. The zero-order valence-electron chi connectivity index (χ0n) is 19.3. The fraction of sp³-hybridized carbons (Fsp3) is 0.375. The highest BCUT2D eigenvalue weighted by Crippen LogP contribution is 2.14. The molecule has 0 fully saturated rings. The Morgan fingerprint density at radius 1 is 1.03 bits per heavy atom. The van der Waals surface area contributed by atoms with Crippen LogP contribution in [0, 0.1) is 0 Å². The van der Waals surface area contributed by atoms with Crippen LogP contribution >= 0.6 is 0 Å². The van der Waals surface area contributed by atoms with Crippen LogP contribution in [0.3, 0.4) is 0 Å². The largest absolute Gasteiger partial charge is 0.484 e. The minimum absolute atomic E-state index is 0.00499. The molecule has 0 spiro atoms. The molecule has 2 aromatic carbocycles. The Bertz CT molecular complexity index is 927. The highest BCUT2D eigenvalue weighted by atomic mass is 16.5. The first-order valence-corrected chi connectivity index (χ1v) is 10.7. The number of hydrogen-bond acceptors (Lipinski definition) is 4. The smallest absolute Gasteiger partial charge is 0.259 e. The van der Waals surface area contributed by atoms with Crippen LogP contribution in [0.5, 0.6) is 5.75 Å². The molecular weight excluding hydrogens is 406 g/mol. The van der Waals surface area contributed by atoms with Gasteiger partial charge in [0.05, 0.1) is 6.54 Å². The summed E-state index contributed by atoms with van der Waals surface area (Å²) in [6, 6.07) is 15.2. The second-order valence-electron chi connectivity index (χ2n) is 7.38. The summed E-state index contributed by atoms with van der Waals surface area (Å²) in [6.45, 7) is 3.91. The summed E-state index contributed by atoms with van der Waals surface area (Å²) >= 11 is 0. The highest BCUT2D eigenvalue weighted by molar-refractivity contribution is 5.94. The van der Waals surface area contributed by atoms with Crippen LogP contribution in [0.25, 0.3) is 0 Å². The van der Waals surface area contributed by atoms with Gasteiger partial charge in [-0.25, -0.2) is 4.99 Å². The molecule has 0 atom stereocenters. The van der Waals surface area contributed by atoms with Crippen molar-refractivity contribution in [1.29, 1.82) is 0 Å². The Kier molecular flexibility index (Phi) is 10.0. The van der Waals surface area contributed by atoms with Crippen molar-refractivity contribution in [2.45, 2.75) is 19.9 Å². The Hall–Kier alpha value is -3.55. The zero-order valence-corrected chi connectivity index (χ0v) is 19.3. The number of amides is 2. The lowest BCUT2D eigenvalue weighted by Crippen LogP contribution is -2.38. The number of hydrogen-bond donors (Lipinski definition) is 3. The fourth-order valence-corrected chi connectivity index (χ4v) is 2.86. The molecule has 32 heavy (non-hydrogen) atoms. The normalized spacial score (nSPS) is 10.9. The lowest BCUT2D eigenvalue weighted by Gasteiger charge is -2.13. The standard InChI is InChI=1S/C24H33N5O3/c1-5-26-24(27-13-12-18-8-6-10-20(14-18)23(31)25-2)28-16-19-9-7-11-21(15-19)32-17-22(30)29(3)4/h6-11,14-15H,5,12-13,16-17H2,1-4H3,(H,25,31)(H2,26,27,28). The van der Waals surface area contributed by atoms with Crippen molar-refractivity contribution < 1.29 is 14.3 Å². The van der Waals surface area contributed by atoms with Gasteiger partial charge >= 0.3 is 0 Å². The van der Waals surface area contributed by atoms with Crippen LogP contribution in [-0.4, -0.2) is 63.5 Å². The van der Waals surface area contributed by atoms with Crippen molar-refractivity contribution in [2.24, 2.45) is 4.99 Å². The molecule has 0 aliphatic rings. The van der Waals surface area contributed by atoms with E-state index in [0.717, 1.165) is 24.1 Å². The maximum atomic E-state index is 11.8. The Labute approximate surface area is 190 Å². The topological polar surface area (TPSA) is 95.1 Å². The SMILES string of the molecule is CCNC(=NCc1cccc(OCC(=O)N(C)C)c1)NCCc1cccc(C(=O)NC)c1. The Morgan fingerprint density at radius 2 is 1.78 bits per heavy atom. The van der Waals surface area contributed by atoms with Gasteiger partial charge in [-0.1, -0.05) is 24.3 Å². The van der Waals surface area contributed by atoms with Gasteiger partial charge in [0.2, 0.25) is 0 Å². The minimum Gasteiger partial charge on any atom is -0.484 e. The summed E-state index contributed by atoms with van der Waals surface area (Å²) in [7, 11) is 5.02. The third kappa shape index (κ3) is 8.29. The molecular formula is C24H33N5O3. The predicted molar refractivity (Wildman–Crippen MR) is 127 cm³/mol. The zero-order chi connectivity index (χ0) is 23.3. The van der Waals surface area contributed by atoms with Gasteiger partial charge in [-0.05, 0) is 48.7 Å². The predicted octanol–water partition coefficient (Wildman–Crippen LogP) is 1.81. The summed E-state index contributed by atoms with van der Waals surface area (Å²) in [6.07, 6.45) is 0.762. The van der Waals surface area contributed by atoms with E-state index in [4.69, 9.17) is 4.74 Å². The molecule has 0 saturated heterocycles. The first kappa shape index (κ1) is 24.7. The molecule has 0 aromatic heterocycles. The van der Waals surface area contributed by atoms with Gasteiger partial charge in [0.25, 0.3) is 11.8 Å². The molecule has 0 bridgehead atoms.